The van der Waals surface area contributed by atoms with Gasteiger partial charge in [0.25, 0.3) is 0 Å². The minimum Gasteiger partial charge on any atom is -0.390 e. The predicted octanol–water partition coefficient (Wildman–Crippen LogP) is 5.13. The SMILES string of the molecule is CCCC1CCCC(O)(Cc2c(F)cccc2Cl)CC1. The molecule has 0 heterocycles. The van der Waals surface area contributed by atoms with Gasteiger partial charge in [-0.25, -0.2) is 4.39 Å². The number of benzene rings is 1. The van der Waals surface area contributed by atoms with E-state index in [1.165, 1.54) is 25.3 Å². The van der Waals surface area contributed by atoms with Crippen molar-refractivity contribution in [1.82, 2.24) is 0 Å². The predicted molar refractivity (Wildman–Crippen MR) is 81.5 cm³/mol. The lowest BCUT2D eigenvalue weighted by Gasteiger charge is -2.27. The van der Waals surface area contributed by atoms with Crippen molar-refractivity contribution in [2.75, 3.05) is 0 Å². The number of aliphatic hydroxyl groups is 1. The Kier molecular flexibility index (Phi) is 5.45. The molecular weight excluding hydrogens is 275 g/mol. The average molecular weight is 299 g/mol. The minimum absolute atomic E-state index is 0.305. The maximum absolute atomic E-state index is 13.9. The van der Waals surface area contributed by atoms with Gasteiger partial charge in [-0.2, -0.15) is 0 Å². The first-order valence-corrected chi connectivity index (χ1v) is 8.07. The van der Waals surface area contributed by atoms with Crippen LogP contribution in [0.25, 0.3) is 0 Å². The Morgan fingerprint density at radius 1 is 1.35 bits per heavy atom. The molecule has 1 aliphatic rings. The van der Waals surface area contributed by atoms with Crippen molar-refractivity contribution in [2.45, 2.75) is 63.9 Å². The van der Waals surface area contributed by atoms with Gasteiger partial charge < -0.3 is 5.11 Å². The molecule has 2 unspecified atom stereocenters. The van der Waals surface area contributed by atoms with Crippen LogP contribution in [0.5, 0.6) is 0 Å². The highest BCUT2D eigenvalue weighted by molar-refractivity contribution is 6.31. The molecule has 20 heavy (non-hydrogen) atoms. The van der Waals surface area contributed by atoms with Gasteiger partial charge in [-0.15, -0.1) is 0 Å². The van der Waals surface area contributed by atoms with E-state index in [2.05, 4.69) is 6.92 Å². The Bertz CT molecular complexity index is 428. The van der Waals surface area contributed by atoms with E-state index in [9.17, 15) is 9.50 Å². The molecule has 1 saturated carbocycles. The molecule has 2 rings (SSSR count). The quantitative estimate of drug-likeness (QED) is 0.764. The van der Waals surface area contributed by atoms with Crippen molar-refractivity contribution in [2.24, 2.45) is 5.92 Å². The van der Waals surface area contributed by atoms with Crippen molar-refractivity contribution in [3.05, 3.63) is 34.6 Å². The topological polar surface area (TPSA) is 20.2 Å². The zero-order valence-corrected chi connectivity index (χ0v) is 12.9. The third-order valence-corrected chi connectivity index (χ3v) is 4.89. The van der Waals surface area contributed by atoms with Crippen LogP contribution in [0.4, 0.5) is 4.39 Å². The normalized spacial score (nSPS) is 27.3. The Morgan fingerprint density at radius 2 is 2.15 bits per heavy atom. The molecule has 0 spiro atoms. The fourth-order valence-corrected chi connectivity index (χ4v) is 3.60. The van der Waals surface area contributed by atoms with Crippen LogP contribution >= 0.6 is 11.6 Å². The largest absolute Gasteiger partial charge is 0.390 e. The molecule has 2 atom stereocenters. The summed E-state index contributed by atoms with van der Waals surface area (Å²) in [5.41, 5.74) is -0.334. The van der Waals surface area contributed by atoms with Crippen molar-refractivity contribution in [3.8, 4) is 0 Å². The lowest BCUT2D eigenvalue weighted by Crippen LogP contribution is -2.31. The third kappa shape index (κ3) is 3.95. The van der Waals surface area contributed by atoms with Crippen molar-refractivity contribution >= 4 is 11.6 Å². The summed E-state index contributed by atoms with van der Waals surface area (Å²) >= 11 is 6.08. The van der Waals surface area contributed by atoms with Crippen LogP contribution < -0.4 is 0 Å². The molecule has 0 radical (unpaired) electrons. The monoisotopic (exact) mass is 298 g/mol. The molecule has 112 valence electrons. The van der Waals surface area contributed by atoms with E-state index in [-0.39, 0.29) is 5.82 Å². The maximum atomic E-state index is 13.9. The molecule has 1 nitrogen and oxygen atoms in total. The van der Waals surface area contributed by atoms with Gasteiger partial charge in [0.15, 0.2) is 0 Å². The molecule has 1 aliphatic carbocycles. The van der Waals surface area contributed by atoms with Gasteiger partial charge in [-0.1, -0.05) is 50.3 Å². The van der Waals surface area contributed by atoms with E-state index in [4.69, 9.17) is 11.6 Å². The zero-order valence-electron chi connectivity index (χ0n) is 12.2. The summed E-state index contributed by atoms with van der Waals surface area (Å²) in [5.74, 6) is 0.408. The molecule has 0 aromatic heterocycles. The lowest BCUT2D eigenvalue weighted by atomic mass is 9.86. The van der Waals surface area contributed by atoms with Gasteiger partial charge in [-0.3, -0.25) is 0 Å². The summed E-state index contributed by atoms with van der Waals surface area (Å²) < 4.78 is 13.9. The Labute approximate surface area is 126 Å². The van der Waals surface area contributed by atoms with Crippen LogP contribution in [-0.2, 0) is 6.42 Å². The fourth-order valence-electron chi connectivity index (χ4n) is 3.37. The molecular formula is C17H24ClFO. The molecule has 1 aromatic rings. The van der Waals surface area contributed by atoms with Gasteiger partial charge in [0, 0.05) is 17.0 Å². The van der Waals surface area contributed by atoms with E-state index >= 15 is 0 Å². The molecule has 1 fully saturated rings. The smallest absolute Gasteiger partial charge is 0.127 e. The van der Waals surface area contributed by atoms with E-state index < -0.39 is 5.60 Å². The van der Waals surface area contributed by atoms with E-state index in [1.807, 2.05) is 0 Å². The number of hydrogen-bond donors (Lipinski definition) is 1. The third-order valence-electron chi connectivity index (χ3n) is 4.54. The Balaban J connectivity index is 2.07. The zero-order chi connectivity index (χ0) is 14.6. The molecule has 0 bridgehead atoms. The summed E-state index contributed by atoms with van der Waals surface area (Å²) in [6, 6.07) is 4.72. The minimum atomic E-state index is -0.797. The highest BCUT2D eigenvalue weighted by Crippen LogP contribution is 2.36. The van der Waals surface area contributed by atoms with Crippen LogP contribution in [0.3, 0.4) is 0 Å². The Hall–Kier alpha value is -0.600. The first-order chi connectivity index (χ1) is 9.54. The number of halogens is 2. The molecule has 1 N–H and O–H groups in total. The lowest BCUT2D eigenvalue weighted by molar-refractivity contribution is 0.0233. The summed E-state index contributed by atoms with van der Waals surface area (Å²) in [5, 5.41) is 11.2. The summed E-state index contributed by atoms with van der Waals surface area (Å²) in [4.78, 5) is 0. The van der Waals surface area contributed by atoms with Crippen molar-refractivity contribution in [1.29, 1.82) is 0 Å². The van der Waals surface area contributed by atoms with Gasteiger partial charge in [0.1, 0.15) is 5.82 Å². The fraction of sp³-hybridized carbons (Fsp3) is 0.647. The standard InChI is InChI=1S/C17H24ClFO/c1-2-5-13-6-4-10-17(20,11-9-13)12-14-15(18)7-3-8-16(14)19/h3,7-8,13,20H,2,4-6,9-12H2,1H3. The van der Waals surface area contributed by atoms with Gasteiger partial charge in [0.05, 0.1) is 5.60 Å². The highest BCUT2D eigenvalue weighted by Gasteiger charge is 2.32. The second-order valence-corrected chi connectivity index (χ2v) is 6.59. The maximum Gasteiger partial charge on any atom is 0.127 e. The van der Waals surface area contributed by atoms with Crippen LogP contribution in [0, 0.1) is 11.7 Å². The van der Waals surface area contributed by atoms with Gasteiger partial charge in [-0.05, 0) is 37.3 Å². The second kappa shape index (κ2) is 6.91. The van der Waals surface area contributed by atoms with E-state index in [0.29, 0.717) is 22.9 Å². The molecule has 0 aliphatic heterocycles. The van der Waals surface area contributed by atoms with Crippen LogP contribution in [0.15, 0.2) is 18.2 Å². The number of hydrogen-bond acceptors (Lipinski definition) is 1. The first kappa shape index (κ1) is 15.8. The Morgan fingerprint density at radius 3 is 2.85 bits per heavy atom. The van der Waals surface area contributed by atoms with E-state index in [0.717, 1.165) is 25.7 Å². The van der Waals surface area contributed by atoms with E-state index in [1.54, 1.807) is 12.1 Å². The van der Waals surface area contributed by atoms with Gasteiger partial charge in [0.2, 0.25) is 0 Å². The molecule has 0 saturated heterocycles. The van der Waals surface area contributed by atoms with Crippen LogP contribution in [0.1, 0.15) is 57.4 Å². The number of rotatable bonds is 4. The molecule has 1 aromatic carbocycles. The van der Waals surface area contributed by atoms with Crippen LogP contribution in [-0.4, -0.2) is 10.7 Å². The summed E-state index contributed by atoms with van der Waals surface area (Å²) in [6.07, 6.45) is 7.50. The molecule has 0 amide bonds. The highest BCUT2D eigenvalue weighted by atomic mass is 35.5. The van der Waals surface area contributed by atoms with Gasteiger partial charge >= 0.3 is 0 Å². The first-order valence-electron chi connectivity index (χ1n) is 7.69. The summed E-state index contributed by atoms with van der Waals surface area (Å²) in [6.45, 7) is 2.20. The average Bonchev–Trinajstić information content (AvgIpc) is 2.58. The van der Waals surface area contributed by atoms with Crippen molar-refractivity contribution < 1.29 is 9.50 Å². The summed E-state index contributed by atoms with van der Waals surface area (Å²) in [7, 11) is 0. The molecule has 3 heteroatoms. The van der Waals surface area contributed by atoms with Crippen molar-refractivity contribution in [3.63, 3.8) is 0 Å². The second-order valence-electron chi connectivity index (χ2n) is 6.19. The van der Waals surface area contributed by atoms with Crippen LogP contribution in [0.2, 0.25) is 5.02 Å².